The lowest BCUT2D eigenvalue weighted by molar-refractivity contribution is -0.123. The van der Waals surface area contributed by atoms with Crippen LogP contribution >= 0.6 is 0 Å². The van der Waals surface area contributed by atoms with Crippen LogP contribution in [0.3, 0.4) is 0 Å². The number of anilines is 1. The maximum absolute atomic E-state index is 12.3. The number of benzene rings is 1. The molecule has 1 atom stereocenters. The highest BCUT2D eigenvalue weighted by atomic mass is 32.2. The lowest BCUT2D eigenvalue weighted by atomic mass is 9.95. The molecule has 1 amide bonds. The topological polar surface area (TPSA) is 66.5 Å². The summed E-state index contributed by atoms with van der Waals surface area (Å²) in [5.74, 6) is 0.293. The normalized spacial score (nSPS) is 23.8. The summed E-state index contributed by atoms with van der Waals surface area (Å²) in [7, 11) is -3.17. The monoisotopic (exact) mass is 336 g/mol. The number of hydrogen-bond acceptors (Lipinski definition) is 3. The van der Waals surface area contributed by atoms with E-state index in [1.54, 1.807) is 0 Å². The summed E-state index contributed by atoms with van der Waals surface area (Å²) in [6.07, 6.45) is 5.18. The second-order valence-corrected chi connectivity index (χ2v) is 8.79. The van der Waals surface area contributed by atoms with Gasteiger partial charge in [0.2, 0.25) is 15.9 Å². The minimum Gasteiger partial charge on any atom is -0.312 e. The van der Waals surface area contributed by atoms with E-state index in [0.717, 1.165) is 43.5 Å². The van der Waals surface area contributed by atoms with Crippen LogP contribution in [0.2, 0.25) is 0 Å². The summed E-state index contributed by atoms with van der Waals surface area (Å²) in [6, 6.07) is 8.06. The summed E-state index contributed by atoms with van der Waals surface area (Å²) in [5.41, 5.74) is 2.02. The van der Waals surface area contributed by atoms with E-state index >= 15 is 0 Å². The van der Waals surface area contributed by atoms with Gasteiger partial charge in [-0.2, -0.15) is 0 Å². The molecule has 1 heterocycles. The first kappa shape index (κ1) is 16.5. The average molecular weight is 336 g/mol. The van der Waals surface area contributed by atoms with Crippen LogP contribution in [0.25, 0.3) is 0 Å². The van der Waals surface area contributed by atoms with E-state index in [-0.39, 0.29) is 17.2 Å². The van der Waals surface area contributed by atoms with Crippen LogP contribution in [0, 0.1) is 5.92 Å². The van der Waals surface area contributed by atoms with E-state index in [2.05, 4.69) is 4.72 Å². The van der Waals surface area contributed by atoms with Gasteiger partial charge in [0.1, 0.15) is 0 Å². The minimum absolute atomic E-state index is 0.0686. The molecule has 1 N–H and O–H groups in total. The number of sulfonamides is 1. The van der Waals surface area contributed by atoms with Crippen molar-refractivity contribution in [3.05, 3.63) is 29.8 Å². The zero-order valence-corrected chi connectivity index (χ0v) is 14.5. The average Bonchev–Trinajstić information content (AvgIpc) is 3.29. The van der Waals surface area contributed by atoms with Crippen molar-refractivity contribution in [3.8, 4) is 0 Å². The Bertz CT molecular complexity index is 693. The molecule has 0 aromatic heterocycles. The van der Waals surface area contributed by atoms with Crippen LogP contribution in [-0.4, -0.2) is 33.7 Å². The van der Waals surface area contributed by atoms with Gasteiger partial charge in [-0.15, -0.1) is 0 Å². The number of nitrogens with one attached hydrogen (secondary N) is 1. The van der Waals surface area contributed by atoms with Crippen molar-refractivity contribution in [2.75, 3.05) is 24.2 Å². The van der Waals surface area contributed by atoms with Crippen LogP contribution in [0.1, 0.15) is 38.2 Å². The largest absolute Gasteiger partial charge is 0.312 e. The SMILES string of the molecule is CC1CCCN(c2ccc(C3(CNS(C)(=O)=O)CC3)cc2)C1=O. The number of amides is 1. The number of hydrogen-bond donors (Lipinski definition) is 1. The zero-order chi connectivity index (χ0) is 16.7. The number of nitrogens with zero attached hydrogens (tertiary/aromatic N) is 1. The Morgan fingerprint density at radius 2 is 1.91 bits per heavy atom. The second kappa shape index (κ2) is 5.91. The first-order valence-electron chi connectivity index (χ1n) is 8.17. The Morgan fingerprint density at radius 1 is 1.26 bits per heavy atom. The van der Waals surface area contributed by atoms with Gasteiger partial charge in [0.25, 0.3) is 0 Å². The molecule has 1 saturated carbocycles. The van der Waals surface area contributed by atoms with Crippen LogP contribution in [0.4, 0.5) is 5.69 Å². The van der Waals surface area contributed by atoms with Crippen LogP contribution in [0.15, 0.2) is 24.3 Å². The molecule has 1 aliphatic carbocycles. The van der Waals surface area contributed by atoms with Crippen molar-refractivity contribution >= 4 is 21.6 Å². The van der Waals surface area contributed by atoms with Crippen molar-refractivity contribution in [2.24, 2.45) is 5.92 Å². The third kappa shape index (κ3) is 3.58. The molecule has 126 valence electrons. The zero-order valence-electron chi connectivity index (χ0n) is 13.7. The van der Waals surface area contributed by atoms with Crippen molar-refractivity contribution in [1.82, 2.24) is 4.72 Å². The fraction of sp³-hybridized carbons (Fsp3) is 0.588. The number of carbonyl (C=O) groups is 1. The van der Waals surface area contributed by atoms with Gasteiger partial charge in [-0.3, -0.25) is 4.79 Å². The molecule has 1 unspecified atom stereocenters. The number of carbonyl (C=O) groups excluding carboxylic acids is 1. The molecule has 3 rings (SSSR count). The van der Waals surface area contributed by atoms with Crippen molar-refractivity contribution in [3.63, 3.8) is 0 Å². The first-order chi connectivity index (χ1) is 10.8. The highest BCUT2D eigenvalue weighted by Gasteiger charge is 2.44. The van der Waals surface area contributed by atoms with E-state index in [4.69, 9.17) is 0 Å². The predicted molar refractivity (Wildman–Crippen MR) is 91.0 cm³/mol. The van der Waals surface area contributed by atoms with E-state index in [1.165, 1.54) is 6.26 Å². The smallest absolute Gasteiger partial charge is 0.229 e. The molecule has 0 radical (unpaired) electrons. The molecule has 6 heteroatoms. The van der Waals surface area contributed by atoms with Gasteiger partial charge >= 0.3 is 0 Å². The molecule has 5 nitrogen and oxygen atoms in total. The lowest BCUT2D eigenvalue weighted by Crippen LogP contribution is -2.40. The summed E-state index contributed by atoms with van der Waals surface area (Å²) >= 11 is 0. The molecule has 0 spiro atoms. The summed E-state index contributed by atoms with van der Waals surface area (Å²) < 4.78 is 25.2. The van der Waals surface area contributed by atoms with E-state index in [9.17, 15) is 13.2 Å². The van der Waals surface area contributed by atoms with Crippen molar-refractivity contribution in [2.45, 2.75) is 38.0 Å². The highest BCUT2D eigenvalue weighted by molar-refractivity contribution is 7.88. The molecule has 23 heavy (non-hydrogen) atoms. The van der Waals surface area contributed by atoms with E-state index in [1.807, 2.05) is 36.1 Å². The summed E-state index contributed by atoms with van der Waals surface area (Å²) in [6.45, 7) is 3.22. The number of rotatable bonds is 5. The van der Waals surface area contributed by atoms with Gasteiger partial charge in [-0.25, -0.2) is 13.1 Å². The Balaban J connectivity index is 1.73. The molecule has 1 aromatic rings. The molecule has 2 aliphatic rings. The van der Waals surface area contributed by atoms with Crippen LogP contribution < -0.4 is 9.62 Å². The van der Waals surface area contributed by atoms with Gasteiger partial charge < -0.3 is 4.90 Å². The molecule has 2 fully saturated rings. The van der Waals surface area contributed by atoms with Crippen LogP contribution in [0.5, 0.6) is 0 Å². The minimum atomic E-state index is -3.17. The first-order valence-corrected chi connectivity index (χ1v) is 10.1. The summed E-state index contributed by atoms with van der Waals surface area (Å²) in [5, 5.41) is 0. The molecule has 1 saturated heterocycles. The third-order valence-electron chi connectivity index (χ3n) is 5.02. The quantitative estimate of drug-likeness (QED) is 0.895. The maximum atomic E-state index is 12.3. The fourth-order valence-corrected chi connectivity index (χ4v) is 3.83. The fourth-order valence-electron chi connectivity index (χ4n) is 3.29. The predicted octanol–water partition coefficient (Wildman–Crippen LogP) is 2.03. The van der Waals surface area contributed by atoms with Gasteiger partial charge in [0.05, 0.1) is 6.26 Å². The second-order valence-electron chi connectivity index (χ2n) is 6.95. The Morgan fingerprint density at radius 3 is 2.48 bits per heavy atom. The summed E-state index contributed by atoms with van der Waals surface area (Å²) in [4.78, 5) is 14.1. The Kier molecular flexibility index (Phi) is 4.23. The van der Waals surface area contributed by atoms with Gasteiger partial charge in [-0.05, 0) is 43.4 Å². The standard InChI is InChI=1S/C17H24N2O3S/c1-13-4-3-11-19(16(13)20)15-7-5-14(6-8-15)17(9-10-17)12-18-23(2,21)22/h5-8,13,18H,3-4,9-12H2,1-2H3. The molecule has 1 aliphatic heterocycles. The van der Waals surface area contributed by atoms with Crippen molar-refractivity contribution < 1.29 is 13.2 Å². The third-order valence-corrected chi connectivity index (χ3v) is 5.69. The number of piperidine rings is 1. The highest BCUT2D eigenvalue weighted by Crippen LogP contribution is 2.48. The molecule has 0 bridgehead atoms. The van der Waals surface area contributed by atoms with Crippen molar-refractivity contribution in [1.29, 1.82) is 0 Å². The van der Waals surface area contributed by atoms with Gasteiger partial charge in [-0.1, -0.05) is 19.1 Å². The molecular formula is C17H24N2O3S. The molecule has 1 aromatic carbocycles. The van der Waals surface area contributed by atoms with Gasteiger partial charge in [0.15, 0.2) is 0 Å². The van der Waals surface area contributed by atoms with E-state index < -0.39 is 10.0 Å². The molecular weight excluding hydrogens is 312 g/mol. The van der Waals surface area contributed by atoms with E-state index in [0.29, 0.717) is 6.54 Å². The lowest BCUT2D eigenvalue weighted by Gasteiger charge is -2.31. The maximum Gasteiger partial charge on any atom is 0.229 e. The van der Waals surface area contributed by atoms with Gasteiger partial charge in [0, 0.05) is 30.1 Å². The van der Waals surface area contributed by atoms with Crippen LogP contribution in [-0.2, 0) is 20.2 Å². The Hall–Kier alpha value is -1.40. The Labute approximate surface area is 138 Å².